The van der Waals surface area contributed by atoms with E-state index in [1.54, 1.807) is 12.3 Å². The lowest BCUT2D eigenvalue weighted by Crippen LogP contribution is -2.13. The van der Waals surface area contributed by atoms with Gasteiger partial charge in [0.1, 0.15) is 12.0 Å². The Bertz CT molecular complexity index is 487. The summed E-state index contributed by atoms with van der Waals surface area (Å²) in [5.74, 6) is 3.38. The maximum absolute atomic E-state index is 5.09. The highest BCUT2D eigenvalue weighted by Crippen LogP contribution is 2.10. The van der Waals surface area contributed by atoms with Crippen LogP contribution < -0.4 is 5.32 Å². The van der Waals surface area contributed by atoms with Crippen molar-refractivity contribution in [2.24, 2.45) is 0 Å². The number of rotatable bonds is 4. The number of aromatic nitrogens is 4. The predicted octanol–water partition coefficient (Wildman–Crippen LogP) is 0.249. The van der Waals surface area contributed by atoms with Crippen molar-refractivity contribution in [2.75, 3.05) is 6.54 Å². The van der Waals surface area contributed by atoms with Crippen LogP contribution in [0, 0.1) is 12.3 Å². The normalized spacial score (nSPS) is 9.94. The quantitative estimate of drug-likeness (QED) is 0.582. The zero-order chi connectivity index (χ0) is 11.2. The zero-order valence-corrected chi connectivity index (χ0v) is 8.42. The SMILES string of the molecule is C#CCNCc1nc(-c2ccncn2)no1. The molecular weight excluding hydrogens is 206 g/mol. The van der Waals surface area contributed by atoms with Crippen LogP contribution in [0.1, 0.15) is 5.89 Å². The highest BCUT2D eigenvalue weighted by molar-refractivity contribution is 5.46. The Kier molecular flexibility index (Phi) is 3.21. The van der Waals surface area contributed by atoms with Crippen LogP contribution in [0.2, 0.25) is 0 Å². The molecule has 0 saturated heterocycles. The fourth-order valence-corrected chi connectivity index (χ4v) is 1.10. The van der Waals surface area contributed by atoms with E-state index < -0.39 is 0 Å². The molecule has 0 aliphatic carbocycles. The van der Waals surface area contributed by atoms with Crippen LogP contribution in [0.25, 0.3) is 11.5 Å². The summed E-state index contributed by atoms with van der Waals surface area (Å²) in [5.41, 5.74) is 0.627. The van der Waals surface area contributed by atoms with Gasteiger partial charge in [-0.15, -0.1) is 6.42 Å². The molecule has 0 fully saturated rings. The first-order valence-electron chi connectivity index (χ1n) is 4.63. The van der Waals surface area contributed by atoms with E-state index >= 15 is 0 Å². The van der Waals surface area contributed by atoms with Gasteiger partial charge in [0.05, 0.1) is 13.1 Å². The van der Waals surface area contributed by atoms with E-state index in [0.29, 0.717) is 30.5 Å². The minimum Gasteiger partial charge on any atom is -0.337 e. The summed E-state index contributed by atoms with van der Waals surface area (Å²) in [4.78, 5) is 12.0. The molecule has 0 saturated carbocycles. The predicted molar refractivity (Wildman–Crippen MR) is 55.9 cm³/mol. The van der Waals surface area contributed by atoms with Gasteiger partial charge in [0.25, 0.3) is 0 Å². The second-order valence-electron chi connectivity index (χ2n) is 2.91. The van der Waals surface area contributed by atoms with Gasteiger partial charge in [0, 0.05) is 6.20 Å². The molecule has 6 nitrogen and oxygen atoms in total. The van der Waals surface area contributed by atoms with Crippen molar-refractivity contribution in [2.45, 2.75) is 6.54 Å². The molecule has 80 valence electrons. The van der Waals surface area contributed by atoms with Crippen LogP contribution in [-0.2, 0) is 6.54 Å². The van der Waals surface area contributed by atoms with Crippen LogP contribution in [0.5, 0.6) is 0 Å². The van der Waals surface area contributed by atoms with Crippen molar-refractivity contribution in [3.8, 4) is 23.9 Å². The Morgan fingerprint density at radius 3 is 3.19 bits per heavy atom. The lowest BCUT2D eigenvalue weighted by atomic mass is 10.4. The average molecular weight is 215 g/mol. The van der Waals surface area contributed by atoms with Gasteiger partial charge in [-0.05, 0) is 6.07 Å². The standard InChI is InChI=1S/C10H9N5O/c1-2-4-11-6-9-14-10(15-16-9)8-3-5-12-7-13-8/h1,3,5,7,11H,4,6H2. The molecule has 0 unspecified atom stereocenters. The van der Waals surface area contributed by atoms with Gasteiger partial charge in [0.15, 0.2) is 0 Å². The number of hydrogen-bond donors (Lipinski definition) is 1. The van der Waals surface area contributed by atoms with Gasteiger partial charge in [-0.2, -0.15) is 4.98 Å². The molecule has 16 heavy (non-hydrogen) atoms. The summed E-state index contributed by atoms with van der Waals surface area (Å²) in [7, 11) is 0. The third-order valence-corrected chi connectivity index (χ3v) is 1.78. The van der Waals surface area contributed by atoms with Crippen molar-refractivity contribution < 1.29 is 4.52 Å². The topological polar surface area (TPSA) is 76.7 Å². The molecule has 6 heteroatoms. The number of nitrogens with zero attached hydrogens (tertiary/aromatic N) is 4. The molecule has 0 amide bonds. The Morgan fingerprint density at radius 2 is 2.44 bits per heavy atom. The summed E-state index contributed by atoms with van der Waals surface area (Å²) in [6.07, 6.45) is 8.15. The van der Waals surface area contributed by atoms with Gasteiger partial charge in [0.2, 0.25) is 11.7 Å². The molecule has 2 aromatic heterocycles. The highest BCUT2D eigenvalue weighted by Gasteiger charge is 2.08. The van der Waals surface area contributed by atoms with Crippen molar-refractivity contribution in [3.05, 3.63) is 24.5 Å². The molecule has 0 bridgehead atoms. The van der Waals surface area contributed by atoms with Gasteiger partial charge >= 0.3 is 0 Å². The summed E-state index contributed by atoms with van der Waals surface area (Å²) >= 11 is 0. The van der Waals surface area contributed by atoms with Gasteiger partial charge < -0.3 is 4.52 Å². The second kappa shape index (κ2) is 5.00. The van der Waals surface area contributed by atoms with Crippen molar-refractivity contribution >= 4 is 0 Å². The van der Waals surface area contributed by atoms with E-state index in [1.807, 2.05) is 0 Å². The molecular formula is C10H9N5O. The molecule has 2 aromatic rings. The van der Waals surface area contributed by atoms with Crippen LogP contribution in [-0.4, -0.2) is 26.7 Å². The lowest BCUT2D eigenvalue weighted by Gasteiger charge is -1.92. The van der Waals surface area contributed by atoms with E-state index in [1.165, 1.54) is 6.33 Å². The second-order valence-corrected chi connectivity index (χ2v) is 2.91. The molecule has 2 rings (SSSR count). The van der Waals surface area contributed by atoms with Crippen LogP contribution >= 0.6 is 0 Å². The molecule has 0 aliphatic rings. The fourth-order valence-electron chi connectivity index (χ4n) is 1.10. The molecule has 1 N–H and O–H groups in total. The maximum atomic E-state index is 5.09. The molecule has 0 aromatic carbocycles. The number of nitrogens with one attached hydrogen (secondary N) is 1. The zero-order valence-electron chi connectivity index (χ0n) is 8.42. The van der Waals surface area contributed by atoms with Gasteiger partial charge in [-0.1, -0.05) is 11.1 Å². The summed E-state index contributed by atoms with van der Waals surface area (Å²) in [5, 5.41) is 6.75. The number of hydrogen-bond acceptors (Lipinski definition) is 6. The summed E-state index contributed by atoms with van der Waals surface area (Å²) < 4.78 is 5.01. The van der Waals surface area contributed by atoms with Crippen molar-refractivity contribution in [3.63, 3.8) is 0 Å². The average Bonchev–Trinajstić information content (AvgIpc) is 2.79. The van der Waals surface area contributed by atoms with E-state index in [-0.39, 0.29) is 0 Å². The number of terminal acetylenes is 1. The van der Waals surface area contributed by atoms with Gasteiger partial charge in [-0.3, -0.25) is 5.32 Å². The third kappa shape index (κ3) is 2.40. The molecule has 0 aliphatic heterocycles. The van der Waals surface area contributed by atoms with E-state index in [2.05, 4.69) is 31.3 Å². The van der Waals surface area contributed by atoms with E-state index in [4.69, 9.17) is 10.9 Å². The minimum absolute atomic E-state index is 0.444. The first-order valence-corrected chi connectivity index (χ1v) is 4.63. The van der Waals surface area contributed by atoms with E-state index in [0.717, 1.165) is 0 Å². The van der Waals surface area contributed by atoms with Crippen molar-refractivity contribution in [1.29, 1.82) is 0 Å². The largest absolute Gasteiger partial charge is 0.337 e. The van der Waals surface area contributed by atoms with Crippen LogP contribution in [0.3, 0.4) is 0 Å². The Morgan fingerprint density at radius 1 is 1.50 bits per heavy atom. The first kappa shape index (κ1) is 10.3. The van der Waals surface area contributed by atoms with Gasteiger partial charge in [-0.25, -0.2) is 9.97 Å². The smallest absolute Gasteiger partial charge is 0.240 e. The van der Waals surface area contributed by atoms with E-state index in [9.17, 15) is 0 Å². The Balaban J connectivity index is 2.06. The fraction of sp³-hybridized carbons (Fsp3) is 0.200. The third-order valence-electron chi connectivity index (χ3n) is 1.78. The summed E-state index contributed by atoms with van der Waals surface area (Å²) in [6.45, 7) is 0.910. The molecule has 2 heterocycles. The molecule has 0 radical (unpaired) electrons. The monoisotopic (exact) mass is 215 g/mol. The van der Waals surface area contributed by atoms with Crippen LogP contribution in [0.15, 0.2) is 23.1 Å². The Hall–Kier alpha value is -2.26. The first-order chi connectivity index (χ1) is 7.90. The van der Waals surface area contributed by atoms with Crippen LogP contribution in [0.4, 0.5) is 0 Å². The highest BCUT2D eigenvalue weighted by atomic mass is 16.5. The Labute approximate surface area is 92.1 Å². The molecule has 0 atom stereocenters. The molecule has 0 spiro atoms. The lowest BCUT2D eigenvalue weighted by molar-refractivity contribution is 0.370. The maximum Gasteiger partial charge on any atom is 0.240 e. The summed E-state index contributed by atoms with van der Waals surface area (Å²) in [6, 6.07) is 1.71. The van der Waals surface area contributed by atoms with Crippen molar-refractivity contribution in [1.82, 2.24) is 25.4 Å². The minimum atomic E-state index is 0.444.